The van der Waals surface area contributed by atoms with Crippen molar-refractivity contribution in [1.82, 2.24) is 10.2 Å². The second kappa shape index (κ2) is 12.6. The summed E-state index contributed by atoms with van der Waals surface area (Å²) in [5, 5.41) is 2.90. The molecule has 1 amide bonds. The van der Waals surface area contributed by atoms with E-state index < -0.39 is 0 Å². The minimum atomic E-state index is 0.0865. The van der Waals surface area contributed by atoms with Gasteiger partial charge < -0.3 is 15.0 Å². The maximum Gasteiger partial charge on any atom is 0.224 e. The zero-order chi connectivity index (χ0) is 17.0. The van der Waals surface area contributed by atoms with Gasteiger partial charge in [0.25, 0.3) is 0 Å². The molecule has 0 bridgehead atoms. The number of amides is 1. The van der Waals surface area contributed by atoms with E-state index in [9.17, 15) is 9.59 Å². The number of ketones is 1. The molecule has 1 N–H and O–H groups in total. The standard InChI is InChI=1S/C15H28N2O3.C2H6/c1-4-14(18)11-20-9-7-16-15(19)13-6-5-8-17(10-13)12(2)3;1-2/h12-13H,4-11H2,1-3H3,(H,16,19);1-2H3. The van der Waals surface area contributed by atoms with E-state index in [4.69, 9.17) is 4.74 Å². The normalized spacial score (nSPS) is 18.5. The molecule has 0 saturated carbocycles. The summed E-state index contributed by atoms with van der Waals surface area (Å²) in [6.07, 6.45) is 2.54. The lowest BCUT2D eigenvalue weighted by atomic mass is 9.96. The molecule has 5 heteroatoms. The van der Waals surface area contributed by atoms with E-state index in [2.05, 4.69) is 24.1 Å². The molecule has 1 saturated heterocycles. The second-order valence-corrected chi connectivity index (χ2v) is 5.66. The van der Waals surface area contributed by atoms with Gasteiger partial charge in [-0.3, -0.25) is 9.59 Å². The summed E-state index contributed by atoms with van der Waals surface area (Å²) in [6.45, 7) is 13.1. The predicted molar refractivity (Wildman–Crippen MR) is 89.9 cm³/mol. The van der Waals surface area contributed by atoms with Crippen LogP contribution in [0.3, 0.4) is 0 Å². The number of piperidine rings is 1. The van der Waals surface area contributed by atoms with Gasteiger partial charge in [-0.25, -0.2) is 0 Å². The van der Waals surface area contributed by atoms with Gasteiger partial charge in [-0.05, 0) is 33.2 Å². The van der Waals surface area contributed by atoms with Crippen molar-refractivity contribution in [1.29, 1.82) is 0 Å². The third kappa shape index (κ3) is 8.49. The Hall–Kier alpha value is -0.940. The van der Waals surface area contributed by atoms with Crippen molar-refractivity contribution >= 4 is 11.7 Å². The molecule has 1 fully saturated rings. The van der Waals surface area contributed by atoms with E-state index in [0.29, 0.717) is 25.6 Å². The molecule has 1 unspecified atom stereocenters. The summed E-state index contributed by atoms with van der Waals surface area (Å²) in [5.41, 5.74) is 0. The minimum absolute atomic E-state index is 0.0865. The smallest absolute Gasteiger partial charge is 0.224 e. The number of hydrogen-bond donors (Lipinski definition) is 1. The van der Waals surface area contributed by atoms with Gasteiger partial charge in [0.15, 0.2) is 5.78 Å². The van der Waals surface area contributed by atoms with Crippen LogP contribution in [-0.4, -0.2) is 55.5 Å². The van der Waals surface area contributed by atoms with E-state index in [1.54, 1.807) is 0 Å². The first-order valence-corrected chi connectivity index (χ1v) is 8.65. The second-order valence-electron chi connectivity index (χ2n) is 5.66. The molecule has 5 nitrogen and oxygen atoms in total. The first-order valence-electron chi connectivity index (χ1n) is 8.65. The number of likely N-dealkylation sites (tertiary alicyclic amines) is 1. The fraction of sp³-hybridized carbons (Fsp3) is 0.882. The van der Waals surface area contributed by atoms with Crippen molar-refractivity contribution in [2.75, 3.05) is 32.8 Å². The average Bonchev–Trinajstić information content (AvgIpc) is 2.56. The van der Waals surface area contributed by atoms with E-state index in [-0.39, 0.29) is 24.2 Å². The van der Waals surface area contributed by atoms with Crippen molar-refractivity contribution in [3.8, 4) is 0 Å². The number of Topliss-reactive ketones (excluding diaryl/α,β-unsaturated/α-hetero) is 1. The van der Waals surface area contributed by atoms with Gasteiger partial charge in [-0.15, -0.1) is 0 Å². The van der Waals surface area contributed by atoms with Gasteiger partial charge >= 0.3 is 0 Å². The number of hydrogen-bond acceptors (Lipinski definition) is 4. The zero-order valence-corrected chi connectivity index (χ0v) is 15.0. The summed E-state index contributed by atoms with van der Waals surface area (Å²) in [6, 6.07) is 0.494. The Morgan fingerprint density at radius 3 is 2.59 bits per heavy atom. The van der Waals surface area contributed by atoms with Crippen LogP contribution in [0.5, 0.6) is 0 Å². The molecule has 0 aromatic rings. The Morgan fingerprint density at radius 2 is 2.00 bits per heavy atom. The number of rotatable bonds is 8. The largest absolute Gasteiger partial charge is 0.372 e. The maximum atomic E-state index is 12.1. The van der Waals surface area contributed by atoms with Gasteiger partial charge in [0.2, 0.25) is 5.91 Å². The highest BCUT2D eigenvalue weighted by atomic mass is 16.5. The minimum Gasteiger partial charge on any atom is -0.372 e. The highest BCUT2D eigenvalue weighted by Gasteiger charge is 2.26. The molecule has 0 aliphatic carbocycles. The van der Waals surface area contributed by atoms with E-state index in [1.807, 2.05) is 20.8 Å². The predicted octanol–water partition coefficient (Wildman–Crippen LogP) is 2.24. The molecule has 0 aromatic heterocycles. The van der Waals surface area contributed by atoms with Crippen LogP contribution in [0.2, 0.25) is 0 Å². The van der Waals surface area contributed by atoms with Crippen LogP contribution in [0.25, 0.3) is 0 Å². The summed E-state index contributed by atoms with van der Waals surface area (Å²) < 4.78 is 5.21. The van der Waals surface area contributed by atoms with Gasteiger partial charge in [0, 0.05) is 25.6 Å². The quantitative estimate of drug-likeness (QED) is 0.698. The molecule has 22 heavy (non-hydrogen) atoms. The Labute approximate surface area is 135 Å². The van der Waals surface area contributed by atoms with Crippen molar-refractivity contribution < 1.29 is 14.3 Å². The molecular weight excluding hydrogens is 280 g/mol. The summed E-state index contributed by atoms with van der Waals surface area (Å²) in [5.74, 6) is 0.292. The maximum absolute atomic E-state index is 12.1. The monoisotopic (exact) mass is 314 g/mol. The molecule has 1 atom stereocenters. The van der Waals surface area contributed by atoms with Gasteiger partial charge in [0.1, 0.15) is 6.61 Å². The fourth-order valence-electron chi connectivity index (χ4n) is 2.37. The van der Waals surface area contributed by atoms with E-state index >= 15 is 0 Å². The zero-order valence-electron chi connectivity index (χ0n) is 15.0. The highest BCUT2D eigenvalue weighted by molar-refractivity contribution is 5.79. The molecule has 1 heterocycles. The van der Waals surface area contributed by atoms with Gasteiger partial charge in [-0.2, -0.15) is 0 Å². The Bertz CT molecular complexity index is 319. The number of carbonyl (C=O) groups is 2. The van der Waals surface area contributed by atoms with Crippen molar-refractivity contribution in [2.24, 2.45) is 5.92 Å². The number of nitrogens with one attached hydrogen (secondary N) is 1. The van der Waals surface area contributed by atoms with Gasteiger partial charge in [-0.1, -0.05) is 20.8 Å². The molecule has 130 valence electrons. The molecule has 0 spiro atoms. The van der Waals surface area contributed by atoms with Crippen LogP contribution in [0.1, 0.15) is 53.9 Å². The van der Waals surface area contributed by atoms with Crippen LogP contribution in [0.4, 0.5) is 0 Å². The highest BCUT2D eigenvalue weighted by Crippen LogP contribution is 2.18. The molecule has 1 aliphatic heterocycles. The van der Waals surface area contributed by atoms with E-state index in [0.717, 1.165) is 25.9 Å². The number of ether oxygens (including phenoxy) is 1. The molecule has 0 radical (unpaired) electrons. The lowest BCUT2D eigenvalue weighted by molar-refractivity contribution is -0.127. The first-order chi connectivity index (χ1) is 10.5. The SMILES string of the molecule is CC.CCC(=O)COCCNC(=O)C1CCCN(C(C)C)C1. The van der Waals surface area contributed by atoms with Crippen LogP contribution >= 0.6 is 0 Å². The third-order valence-corrected chi connectivity index (χ3v) is 3.76. The lowest BCUT2D eigenvalue weighted by Gasteiger charge is -2.34. The topological polar surface area (TPSA) is 58.6 Å². The van der Waals surface area contributed by atoms with Gasteiger partial charge in [0.05, 0.1) is 12.5 Å². The summed E-state index contributed by atoms with van der Waals surface area (Å²) in [7, 11) is 0. The summed E-state index contributed by atoms with van der Waals surface area (Å²) >= 11 is 0. The first kappa shape index (κ1) is 21.1. The Morgan fingerprint density at radius 1 is 1.32 bits per heavy atom. The molecule has 1 aliphatic rings. The Balaban J connectivity index is 0.00000211. The van der Waals surface area contributed by atoms with Crippen LogP contribution in [0.15, 0.2) is 0 Å². The average molecular weight is 314 g/mol. The molecular formula is C17H34N2O3. The molecule has 1 rings (SSSR count). The number of nitrogens with zero attached hydrogens (tertiary/aromatic N) is 1. The molecule has 0 aromatic carbocycles. The fourth-order valence-corrected chi connectivity index (χ4v) is 2.37. The van der Waals surface area contributed by atoms with Crippen molar-refractivity contribution in [3.05, 3.63) is 0 Å². The van der Waals surface area contributed by atoms with Crippen molar-refractivity contribution in [3.63, 3.8) is 0 Å². The lowest BCUT2D eigenvalue weighted by Crippen LogP contribution is -2.46. The Kier molecular flexibility index (Phi) is 12.1. The number of carbonyl (C=O) groups excluding carboxylic acids is 2. The van der Waals surface area contributed by atoms with Crippen LogP contribution < -0.4 is 5.32 Å². The van der Waals surface area contributed by atoms with Crippen LogP contribution in [-0.2, 0) is 14.3 Å². The van der Waals surface area contributed by atoms with Crippen LogP contribution in [0, 0.1) is 5.92 Å². The van der Waals surface area contributed by atoms with E-state index in [1.165, 1.54) is 0 Å². The van der Waals surface area contributed by atoms with Crippen molar-refractivity contribution in [2.45, 2.75) is 59.9 Å². The third-order valence-electron chi connectivity index (χ3n) is 3.76. The summed E-state index contributed by atoms with van der Waals surface area (Å²) in [4.78, 5) is 25.4.